The largest absolute Gasteiger partial charge is 0.382 e. The third-order valence-electron chi connectivity index (χ3n) is 2.98. The molecule has 76 valence electrons. The van der Waals surface area contributed by atoms with E-state index in [2.05, 4.69) is 0 Å². The van der Waals surface area contributed by atoms with Gasteiger partial charge in [0.05, 0.1) is 12.2 Å². The number of aliphatic hydroxyl groups is 1. The normalized spacial score (nSPS) is 37.4. The van der Waals surface area contributed by atoms with Gasteiger partial charge in [-0.1, -0.05) is 30.3 Å². The number of rotatable bonds is 1. The van der Waals surface area contributed by atoms with Crippen LogP contribution in [0.5, 0.6) is 0 Å². The summed E-state index contributed by atoms with van der Waals surface area (Å²) >= 11 is 0. The van der Waals surface area contributed by atoms with Crippen molar-refractivity contribution in [3.8, 4) is 0 Å². The van der Waals surface area contributed by atoms with Crippen LogP contribution in [0.1, 0.15) is 25.8 Å². The molecule has 1 aromatic rings. The van der Waals surface area contributed by atoms with Gasteiger partial charge in [0.15, 0.2) is 0 Å². The van der Waals surface area contributed by atoms with Crippen molar-refractivity contribution >= 4 is 0 Å². The Bertz CT molecular complexity index is 309. The van der Waals surface area contributed by atoms with E-state index in [4.69, 9.17) is 4.74 Å². The Labute approximate surface area is 84.5 Å². The van der Waals surface area contributed by atoms with Crippen molar-refractivity contribution < 1.29 is 9.84 Å². The van der Waals surface area contributed by atoms with E-state index in [9.17, 15) is 5.11 Å². The van der Waals surface area contributed by atoms with Crippen molar-refractivity contribution in [1.29, 1.82) is 0 Å². The van der Waals surface area contributed by atoms with Crippen LogP contribution >= 0.6 is 0 Å². The maximum Gasteiger partial charge on any atom is 0.118 e. The Balaban J connectivity index is 2.33. The summed E-state index contributed by atoms with van der Waals surface area (Å²) in [6, 6.07) is 9.76. The van der Waals surface area contributed by atoms with Gasteiger partial charge >= 0.3 is 0 Å². The average molecular weight is 192 g/mol. The summed E-state index contributed by atoms with van der Waals surface area (Å²) in [6.45, 7) is 3.92. The van der Waals surface area contributed by atoms with Crippen molar-refractivity contribution in [3.63, 3.8) is 0 Å². The van der Waals surface area contributed by atoms with Gasteiger partial charge in [-0.05, 0) is 19.4 Å². The van der Waals surface area contributed by atoms with Crippen molar-refractivity contribution in [2.45, 2.75) is 38.1 Å². The lowest BCUT2D eigenvalue weighted by Gasteiger charge is -2.26. The fourth-order valence-electron chi connectivity index (χ4n) is 2.19. The van der Waals surface area contributed by atoms with E-state index in [1.165, 1.54) is 0 Å². The summed E-state index contributed by atoms with van der Waals surface area (Å²) in [4.78, 5) is 0. The molecule has 2 rings (SSSR count). The standard InChI is InChI=1S/C12H16O2/c1-9-8-12(13,10(2)14-9)11-6-4-3-5-7-11/h3-7,9-10,13H,8H2,1-2H3. The number of hydrogen-bond donors (Lipinski definition) is 1. The van der Waals surface area contributed by atoms with Gasteiger partial charge < -0.3 is 9.84 Å². The minimum Gasteiger partial charge on any atom is -0.382 e. The molecule has 1 saturated heterocycles. The van der Waals surface area contributed by atoms with Crippen LogP contribution < -0.4 is 0 Å². The number of ether oxygens (including phenoxy) is 1. The smallest absolute Gasteiger partial charge is 0.118 e. The Hall–Kier alpha value is -0.860. The quantitative estimate of drug-likeness (QED) is 0.738. The van der Waals surface area contributed by atoms with E-state index in [0.29, 0.717) is 6.42 Å². The molecule has 2 nitrogen and oxygen atoms in total. The molecule has 14 heavy (non-hydrogen) atoms. The summed E-state index contributed by atoms with van der Waals surface area (Å²) in [5.41, 5.74) is 0.151. The first kappa shape index (κ1) is 9.69. The molecule has 1 aliphatic heterocycles. The van der Waals surface area contributed by atoms with Gasteiger partial charge in [0.25, 0.3) is 0 Å². The second-order valence-corrected chi connectivity index (χ2v) is 4.08. The highest BCUT2D eigenvalue weighted by atomic mass is 16.5. The monoisotopic (exact) mass is 192 g/mol. The first-order valence-electron chi connectivity index (χ1n) is 5.06. The van der Waals surface area contributed by atoms with Crippen LogP contribution in [0.2, 0.25) is 0 Å². The van der Waals surface area contributed by atoms with Gasteiger partial charge in [-0.25, -0.2) is 0 Å². The van der Waals surface area contributed by atoms with E-state index in [1.807, 2.05) is 44.2 Å². The fourth-order valence-corrected chi connectivity index (χ4v) is 2.19. The zero-order chi connectivity index (χ0) is 10.2. The topological polar surface area (TPSA) is 29.5 Å². The fraction of sp³-hybridized carbons (Fsp3) is 0.500. The SMILES string of the molecule is CC1CC(O)(c2ccccc2)C(C)O1. The first-order valence-corrected chi connectivity index (χ1v) is 5.06. The molecule has 3 atom stereocenters. The zero-order valence-electron chi connectivity index (χ0n) is 8.60. The first-order chi connectivity index (χ1) is 6.63. The predicted octanol–water partition coefficient (Wildman–Crippen LogP) is 2.07. The molecule has 1 heterocycles. The minimum atomic E-state index is -0.805. The van der Waals surface area contributed by atoms with Crippen molar-refractivity contribution in [3.05, 3.63) is 35.9 Å². The van der Waals surface area contributed by atoms with E-state index in [-0.39, 0.29) is 12.2 Å². The highest BCUT2D eigenvalue weighted by Gasteiger charge is 2.44. The summed E-state index contributed by atoms with van der Waals surface area (Å²) in [5.74, 6) is 0. The van der Waals surface area contributed by atoms with Crippen molar-refractivity contribution in [2.24, 2.45) is 0 Å². The highest BCUT2D eigenvalue weighted by molar-refractivity contribution is 5.25. The van der Waals surface area contributed by atoms with E-state index < -0.39 is 5.60 Å². The number of benzene rings is 1. The Morgan fingerprint density at radius 2 is 1.93 bits per heavy atom. The maximum atomic E-state index is 10.5. The molecule has 0 radical (unpaired) electrons. The Morgan fingerprint density at radius 1 is 1.29 bits per heavy atom. The molecule has 0 saturated carbocycles. The second-order valence-electron chi connectivity index (χ2n) is 4.08. The van der Waals surface area contributed by atoms with E-state index in [0.717, 1.165) is 5.56 Å². The zero-order valence-corrected chi connectivity index (χ0v) is 8.60. The maximum absolute atomic E-state index is 10.5. The van der Waals surface area contributed by atoms with Crippen LogP contribution in [0.3, 0.4) is 0 Å². The molecule has 1 N–H and O–H groups in total. The molecule has 1 aliphatic rings. The molecule has 1 fully saturated rings. The Kier molecular flexibility index (Phi) is 2.33. The lowest BCUT2D eigenvalue weighted by atomic mass is 9.87. The van der Waals surface area contributed by atoms with Crippen LogP contribution in [0, 0.1) is 0 Å². The van der Waals surface area contributed by atoms with Crippen LogP contribution in [0.4, 0.5) is 0 Å². The molecular weight excluding hydrogens is 176 g/mol. The third kappa shape index (κ3) is 1.45. The van der Waals surface area contributed by atoms with E-state index >= 15 is 0 Å². The second kappa shape index (κ2) is 3.37. The molecular formula is C12H16O2. The minimum absolute atomic E-state index is 0.125. The Morgan fingerprint density at radius 3 is 2.43 bits per heavy atom. The third-order valence-corrected chi connectivity index (χ3v) is 2.98. The number of hydrogen-bond acceptors (Lipinski definition) is 2. The molecule has 0 spiro atoms. The van der Waals surface area contributed by atoms with Crippen molar-refractivity contribution in [2.75, 3.05) is 0 Å². The van der Waals surface area contributed by atoms with Gasteiger partial charge in [-0.2, -0.15) is 0 Å². The van der Waals surface area contributed by atoms with Crippen molar-refractivity contribution in [1.82, 2.24) is 0 Å². The molecule has 0 amide bonds. The predicted molar refractivity (Wildman–Crippen MR) is 55.0 cm³/mol. The van der Waals surface area contributed by atoms with Gasteiger partial charge in [-0.3, -0.25) is 0 Å². The van der Waals surface area contributed by atoms with Gasteiger partial charge in [0.2, 0.25) is 0 Å². The van der Waals surface area contributed by atoms with E-state index in [1.54, 1.807) is 0 Å². The summed E-state index contributed by atoms with van der Waals surface area (Å²) in [7, 11) is 0. The van der Waals surface area contributed by atoms with Gasteiger partial charge in [0.1, 0.15) is 5.60 Å². The summed E-state index contributed by atoms with van der Waals surface area (Å²) in [6.07, 6.45) is 0.688. The molecule has 1 aromatic carbocycles. The lowest BCUT2D eigenvalue weighted by molar-refractivity contribution is -0.0391. The molecule has 0 aromatic heterocycles. The highest BCUT2D eigenvalue weighted by Crippen LogP contribution is 2.38. The lowest BCUT2D eigenvalue weighted by Crippen LogP contribution is -2.32. The van der Waals surface area contributed by atoms with Gasteiger partial charge in [-0.15, -0.1) is 0 Å². The van der Waals surface area contributed by atoms with Gasteiger partial charge in [0, 0.05) is 6.42 Å². The summed E-state index contributed by atoms with van der Waals surface area (Å²) in [5, 5.41) is 10.5. The molecule has 3 unspecified atom stereocenters. The van der Waals surface area contributed by atoms with Crippen LogP contribution in [-0.4, -0.2) is 17.3 Å². The summed E-state index contributed by atoms with van der Waals surface area (Å²) < 4.78 is 5.58. The molecule has 0 aliphatic carbocycles. The van der Waals surface area contributed by atoms with Crippen LogP contribution in [-0.2, 0) is 10.3 Å². The molecule has 0 bridgehead atoms. The van der Waals surface area contributed by atoms with Crippen LogP contribution in [0.15, 0.2) is 30.3 Å². The average Bonchev–Trinajstić information content (AvgIpc) is 2.43. The molecule has 2 heteroatoms. The van der Waals surface area contributed by atoms with Crippen LogP contribution in [0.25, 0.3) is 0 Å².